The molecule has 0 radical (unpaired) electrons. The summed E-state index contributed by atoms with van der Waals surface area (Å²) in [6.45, 7) is 5.49. The highest BCUT2D eigenvalue weighted by Gasteiger charge is 2.38. The molecule has 0 aliphatic carbocycles. The Kier molecular flexibility index (Phi) is 2.91. The van der Waals surface area contributed by atoms with Crippen molar-refractivity contribution in [1.29, 1.82) is 0 Å². The molecule has 0 aromatic heterocycles. The predicted octanol–water partition coefficient (Wildman–Crippen LogP) is 2.00. The Morgan fingerprint density at radius 2 is 2.06 bits per heavy atom. The average Bonchev–Trinajstić information content (AvgIpc) is 2.25. The van der Waals surface area contributed by atoms with E-state index in [2.05, 4.69) is 26.0 Å². The van der Waals surface area contributed by atoms with E-state index >= 15 is 0 Å². The van der Waals surface area contributed by atoms with Crippen LogP contribution in [-0.2, 0) is 10.3 Å². The van der Waals surface area contributed by atoms with Crippen LogP contribution in [-0.4, -0.2) is 20.3 Å². The molecule has 16 heavy (non-hydrogen) atoms. The first-order valence-electron chi connectivity index (χ1n) is 5.62. The third kappa shape index (κ3) is 1.81. The Hall–Kier alpha value is -1.06. The van der Waals surface area contributed by atoms with Crippen LogP contribution in [0.5, 0.6) is 5.75 Å². The van der Waals surface area contributed by atoms with Gasteiger partial charge in [0.15, 0.2) is 0 Å². The standard InChI is InChI=1S/C13H19NO2/c1-9(2)10-4-5-12(15-3)11(6-10)13(14)7-16-8-13/h4-6,9H,7-8,14H2,1-3H3. The summed E-state index contributed by atoms with van der Waals surface area (Å²) in [4.78, 5) is 0. The first-order chi connectivity index (χ1) is 7.57. The Morgan fingerprint density at radius 1 is 1.38 bits per heavy atom. The molecule has 2 N–H and O–H groups in total. The monoisotopic (exact) mass is 221 g/mol. The van der Waals surface area contributed by atoms with Gasteiger partial charge in [0, 0.05) is 5.56 Å². The number of ether oxygens (including phenoxy) is 2. The molecule has 88 valence electrons. The maximum Gasteiger partial charge on any atom is 0.124 e. The zero-order valence-corrected chi connectivity index (χ0v) is 10.1. The molecule has 3 heteroatoms. The SMILES string of the molecule is COc1ccc(C(C)C)cc1C1(N)COC1. The fourth-order valence-corrected chi connectivity index (χ4v) is 1.95. The summed E-state index contributed by atoms with van der Waals surface area (Å²) >= 11 is 0. The molecule has 0 spiro atoms. The van der Waals surface area contributed by atoms with Crippen molar-refractivity contribution >= 4 is 0 Å². The molecular weight excluding hydrogens is 202 g/mol. The number of hydrogen-bond donors (Lipinski definition) is 1. The van der Waals surface area contributed by atoms with Crippen molar-refractivity contribution in [2.24, 2.45) is 5.73 Å². The van der Waals surface area contributed by atoms with Crippen LogP contribution in [0.15, 0.2) is 18.2 Å². The smallest absolute Gasteiger partial charge is 0.124 e. The van der Waals surface area contributed by atoms with Gasteiger partial charge in [0.2, 0.25) is 0 Å². The molecule has 0 atom stereocenters. The van der Waals surface area contributed by atoms with Gasteiger partial charge in [-0.15, -0.1) is 0 Å². The molecule has 2 rings (SSSR count). The highest BCUT2D eigenvalue weighted by atomic mass is 16.5. The van der Waals surface area contributed by atoms with E-state index in [0.29, 0.717) is 19.1 Å². The third-order valence-electron chi connectivity index (χ3n) is 3.15. The van der Waals surface area contributed by atoms with E-state index in [1.165, 1.54) is 5.56 Å². The van der Waals surface area contributed by atoms with Crippen molar-refractivity contribution in [3.63, 3.8) is 0 Å². The normalized spacial score (nSPS) is 18.3. The lowest BCUT2D eigenvalue weighted by molar-refractivity contribution is -0.0578. The van der Waals surface area contributed by atoms with E-state index in [0.717, 1.165) is 11.3 Å². The van der Waals surface area contributed by atoms with Gasteiger partial charge in [0.1, 0.15) is 5.75 Å². The lowest BCUT2D eigenvalue weighted by Gasteiger charge is -2.39. The van der Waals surface area contributed by atoms with Crippen LogP contribution in [0.1, 0.15) is 30.9 Å². The van der Waals surface area contributed by atoms with E-state index in [-0.39, 0.29) is 5.54 Å². The van der Waals surface area contributed by atoms with Gasteiger partial charge >= 0.3 is 0 Å². The van der Waals surface area contributed by atoms with Gasteiger partial charge in [0.25, 0.3) is 0 Å². The van der Waals surface area contributed by atoms with Crippen LogP contribution >= 0.6 is 0 Å². The molecule has 1 saturated heterocycles. The fourth-order valence-electron chi connectivity index (χ4n) is 1.95. The third-order valence-corrected chi connectivity index (χ3v) is 3.15. The zero-order chi connectivity index (χ0) is 11.8. The second kappa shape index (κ2) is 4.07. The van der Waals surface area contributed by atoms with Crippen LogP contribution in [0.3, 0.4) is 0 Å². The van der Waals surface area contributed by atoms with Crippen molar-refractivity contribution in [2.75, 3.05) is 20.3 Å². The summed E-state index contributed by atoms with van der Waals surface area (Å²) in [5.74, 6) is 1.35. The fraction of sp³-hybridized carbons (Fsp3) is 0.538. The number of benzene rings is 1. The molecule has 1 heterocycles. The summed E-state index contributed by atoms with van der Waals surface area (Å²) in [5, 5.41) is 0. The highest BCUT2D eigenvalue weighted by molar-refractivity contribution is 5.44. The number of rotatable bonds is 3. The average molecular weight is 221 g/mol. The van der Waals surface area contributed by atoms with Crippen molar-refractivity contribution in [3.05, 3.63) is 29.3 Å². The van der Waals surface area contributed by atoms with E-state index < -0.39 is 0 Å². The van der Waals surface area contributed by atoms with E-state index in [9.17, 15) is 0 Å². The van der Waals surface area contributed by atoms with E-state index in [1.54, 1.807) is 7.11 Å². The summed E-state index contributed by atoms with van der Waals surface area (Å²) in [6.07, 6.45) is 0. The van der Waals surface area contributed by atoms with Crippen LogP contribution in [0.25, 0.3) is 0 Å². The molecule has 3 nitrogen and oxygen atoms in total. The number of nitrogens with two attached hydrogens (primary N) is 1. The summed E-state index contributed by atoms with van der Waals surface area (Å²) in [6, 6.07) is 6.24. The molecule has 0 saturated carbocycles. The van der Waals surface area contributed by atoms with Crippen molar-refractivity contribution in [2.45, 2.75) is 25.3 Å². The molecule has 1 aromatic rings. The van der Waals surface area contributed by atoms with Crippen molar-refractivity contribution < 1.29 is 9.47 Å². The minimum atomic E-state index is -0.365. The Balaban J connectivity index is 2.43. The van der Waals surface area contributed by atoms with Crippen molar-refractivity contribution in [3.8, 4) is 5.75 Å². The lowest BCUT2D eigenvalue weighted by Crippen LogP contribution is -2.54. The summed E-state index contributed by atoms with van der Waals surface area (Å²) in [7, 11) is 1.68. The van der Waals surface area contributed by atoms with Gasteiger partial charge in [-0.2, -0.15) is 0 Å². The second-order valence-electron chi connectivity index (χ2n) is 4.76. The van der Waals surface area contributed by atoms with Crippen LogP contribution in [0.2, 0.25) is 0 Å². The topological polar surface area (TPSA) is 44.5 Å². The first-order valence-corrected chi connectivity index (χ1v) is 5.62. The maximum absolute atomic E-state index is 6.26. The largest absolute Gasteiger partial charge is 0.496 e. The van der Waals surface area contributed by atoms with E-state index in [4.69, 9.17) is 15.2 Å². The quantitative estimate of drug-likeness (QED) is 0.849. The summed E-state index contributed by atoms with van der Waals surface area (Å²) in [5.41, 5.74) is 8.25. The van der Waals surface area contributed by atoms with Gasteiger partial charge in [-0.1, -0.05) is 19.9 Å². The van der Waals surface area contributed by atoms with Crippen LogP contribution < -0.4 is 10.5 Å². The summed E-state index contributed by atoms with van der Waals surface area (Å²) < 4.78 is 10.6. The predicted molar refractivity (Wildman–Crippen MR) is 63.8 cm³/mol. The van der Waals surface area contributed by atoms with Gasteiger partial charge in [-0.3, -0.25) is 0 Å². The maximum atomic E-state index is 6.26. The minimum Gasteiger partial charge on any atom is -0.496 e. The van der Waals surface area contributed by atoms with Gasteiger partial charge in [0.05, 0.1) is 25.9 Å². The molecular formula is C13H19NO2. The Labute approximate surface area is 96.5 Å². The molecule has 1 fully saturated rings. The number of methoxy groups -OCH3 is 1. The molecule has 1 aliphatic heterocycles. The van der Waals surface area contributed by atoms with Crippen LogP contribution in [0, 0.1) is 0 Å². The lowest BCUT2D eigenvalue weighted by atomic mass is 9.86. The van der Waals surface area contributed by atoms with Gasteiger partial charge in [-0.05, 0) is 23.6 Å². The number of hydrogen-bond acceptors (Lipinski definition) is 3. The molecule has 0 bridgehead atoms. The molecule has 0 unspecified atom stereocenters. The highest BCUT2D eigenvalue weighted by Crippen LogP contribution is 2.35. The molecule has 1 aliphatic rings. The van der Waals surface area contributed by atoms with E-state index in [1.807, 2.05) is 6.07 Å². The Bertz CT molecular complexity index is 384. The zero-order valence-electron chi connectivity index (χ0n) is 10.1. The minimum absolute atomic E-state index is 0.365. The van der Waals surface area contributed by atoms with Gasteiger partial charge in [-0.25, -0.2) is 0 Å². The first kappa shape index (κ1) is 11.4. The Morgan fingerprint density at radius 3 is 2.50 bits per heavy atom. The van der Waals surface area contributed by atoms with Crippen molar-refractivity contribution in [1.82, 2.24) is 0 Å². The van der Waals surface area contributed by atoms with Gasteiger partial charge < -0.3 is 15.2 Å². The van der Waals surface area contributed by atoms with Crippen LogP contribution in [0.4, 0.5) is 0 Å². The molecule has 0 amide bonds. The second-order valence-corrected chi connectivity index (χ2v) is 4.76. The molecule has 1 aromatic carbocycles.